The molecule has 0 nitrogen and oxygen atoms in total. The summed E-state index contributed by atoms with van der Waals surface area (Å²) in [5.41, 5.74) is 0. The summed E-state index contributed by atoms with van der Waals surface area (Å²) in [5.74, 6) is 0. The number of hydrogen-bond donors (Lipinski definition) is 0. The summed E-state index contributed by atoms with van der Waals surface area (Å²) in [7, 11) is 0. The Morgan fingerprint density at radius 2 is 0.750 bits per heavy atom. The van der Waals surface area contributed by atoms with Crippen LogP contribution in [-0.4, -0.2) is 88.7 Å². The van der Waals surface area contributed by atoms with Crippen LogP contribution in [0, 0.1) is 0 Å². The summed E-state index contributed by atoms with van der Waals surface area (Å²) in [4.78, 5) is 0. The Morgan fingerprint density at radius 3 is 0.750 bits per heavy atom. The molecule has 0 amide bonds. The molecule has 0 aromatic heterocycles. The van der Waals surface area contributed by atoms with E-state index in [1.165, 1.54) is 0 Å². The molecule has 0 aromatic rings. The molecule has 0 aliphatic heterocycles. The van der Waals surface area contributed by atoms with Crippen LogP contribution in [0.1, 0.15) is 1.43 Å². The van der Waals surface area contributed by atoms with Crippen molar-refractivity contribution < 1.29 is 1.43 Å². The summed E-state index contributed by atoms with van der Waals surface area (Å²) in [6.07, 6.45) is 0. The Labute approximate surface area is 100 Å². The summed E-state index contributed by atoms with van der Waals surface area (Å²) in [6.45, 7) is 0. The molecule has 0 radical (unpaired) electrons. The molecule has 0 rings (SSSR count). The van der Waals surface area contributed by atoms with Crippen LogP contribution in [0.4, 0.5) is 0 Å². The molecule has 0 spiro atoms. The zero-order valence-corrected chi connectivity index (χ0v) is 1.22. The average molecular weight is 109 g/mol. The van der Waals surface area contributed by atoms with Gasteiger partial charge >= 0.3 is 90.1 Å². The van der Waals surface area contributed by atoms with E-state index in [4.69, 9.17) is 0 Å². The first-order valence-electron chi connectivity index (χ1n) is 0. The first kappa shape index (κ1) is 26.6. The molecule has 14 valence electrons. The fourth-order valence-electron chi connectivity index (χ4n) is 0. The summed E-state index contributed by atoms with van der Waals surface area (Å²) in [5, 5.41) is 0. The second kappa shape index (κ2) is 16.3. The first-order chi connectivity index (χ1) is 0. The molecule has 0 saturated carbocycles. The van der Waals surface area contributed by atoms with Gasteiger partial charge in [-0.25, -0.2) is 0 Å². The fraction of sp³-hybridized carbons (Fsp3) is 0. The normalized spacial score (nSPS) is 0. The van der Waals surface area contributed by atoms with E-state index in [2.05, 4.69) is 0 Å². The van der Waals surface area contributed by atoms with Crippen LogP contribution in [0.3, 0.4) is 0 Å². The topological polar surface area (TPSA) is 0 Å². The number of rotatable bonds is 0. The van der Waals surface area contributed by atoms with E-state index >= 15 is 0 Å². The Kier molecular flexibility index (Phi) is 108. The third-order valence-electron chi connectivity index (χ3n) is 0. The predicted octanol–water partition coefficient (Wildman–Crippen LogP) is -1.41. The molecular formula is H5ClNa3+. The number of hydrogen-bond acceptors (Lipinski definition) is 0. The predicted molar refractivity (Wildman–Crippen MR) is 29.8 cm³/mol. The van der Waals surface area contributed by atoms with Crippen molar-refractivity contribution in [1.29, 1.82) is 0 Å². The van der Waals surface area contributed by atoms with E-state index in [9.17, 15) is 0 Å². The summed E-state index contributed by atoms with van der Waals surface area (Å²) in [6, 6.07) is 0. The van der Waals surface area contributed by atoms with Gasteiger partial charge in [-0.1, -0.05) is 0 Å². The second-order valence-corrected chi connectivity index (χ2v) is 0. The molecule has 0 aliphatic carbocycles. The molecular weight excluding hydrogens is 104 g/mol. The molecule has 4 heteroatoms. The van der Waals surface area contributed by atoms with E-state index in [0.717, 1.165) is 0 Å². The van der Waals surface area contributed by atoms with E-state index in [1.807, 2.05) is 0 Å². The SMILES string of the molecule is Cl.[H+].[NaH].[NaH].[NaH]. The second-order valence-electron chi connectivity index (χ2n) is 0. The first-order valence-corrected chi connectivity index (χ1v) is 0. The van der Waals surface area contributed by atoms with Gasteiger partial charge in [0.15, 0.2) is 0 Å². The zero-order valence-electron chi connectivity index (χ0n) is 1.41. The molecule has 0 fully saturated rings. The van der Waals surface area contributed by atoms with Crippen LogP contribution in [0.15, 0.2) is 0 Å². The molecule has 0 aliphatic rings. The zero-order chi connectivity index (χ0) is 0. The van der Waals surface area contributed by atoms with E-state index in [0.29, 0.717) is 0 Å². The van der Waals surface area contributed by atoms with Gasteiger partial charge in [-0.15, -0.1) is 12.4 Å². The van der Waals surface area contributed by atoms with Crippen molar-refractivity contribution in [3.63, 3.8) is 0 Å². The van der Waals surface area contributed by atoms with Crippen LogP contribution < -0.4 is 0 Å². The fourth-order valence-corrected chi connectivity index (χ4v) is 0. The van der Waals surface area contributed by atoms with E-state index < -0.39 is 0 Å². The van der Waals surface area contributed by atoms with Gasteiger partial charge in [0.25, 0.3) is 0 Å². The van der Waals surface area contributed by atoms with Crippen molar-refractivity contribution >= 4 is 101 Å². The van der Waals surface area contributed by atoms with E-state index in [-0.39, 0.29) is 103 Å². The van der Waals surface area contributed by atoms with Crippen molar-refractivity contribution in [1.82, 2.24) is 0 Å². The maximum atomic E-state index is 0. The van der Waals surface area contributed by atoms with Gasteiger partial charge in [-0.05, 0) is 0 Å². The van der Waals surface area contributed by atoms with Crippen molar-refractivity contribution in [2.24, 2.45) is 0 Å². The van der Waals surface area contributed by atoms with Crippen molar-refractivity contribution in [3.8, 4) is 0 Å². The molecule has 0 heterocycles. The van der Waals surface area contributed by atoms with Crippen LogP contribution in [0.2, 0.25) is 0 Å². The van der Waals surface area contributed by atoms with Gasteiger partial charge in [-0.3, -0.25) is 0 Å². The van der Waals surface area contributed by atoms with Crippen molar-refractivity contribution in [2.75, 3.05) is 0 Å². The Hall–Kier alpha value is 3.29. The molecule has 0 saturated heterocycles. The van der Waals surface area contributed by atoms with Gasteiger partial charge in [0, 0.05) is 0 Å². The molecule has 0 atom stereocenters. The summed E-state index contributed by atoms with van der Waals surface area (Å²) >= 11 is 0. The van der Waals surface area contributed by atoms with Crippen LogP contribution in [0.25, 0.3) is 0 Å². The quantitative estimate of drug-likeness (QED) is 0.335. The molecule has 0 aromatic carbocycles. The average Bonchev–Trinajstić information content (AvgIpc) is 0. The third-order valence-corrected chi connectivity index (χ3v) is 0. The minimum absolute atomic E-state index is 0. The van der Waals surface area contributed by atoms with Crippen LogP contribution >= 0.6 is 12.4 Å². The molecule has 0 bridgehead atoms. The summed E-state index contributed by atoms with van der Waals surface area (Å²) < 4.78 is 0. The Morgan fingerprint density at radius 1 is 0.750 bits per heavy atom. The van der Waals surface area contributed by atoms with Gasteiger partial charge in [-0.2, -0.15) is 0 Å². The standard InChI is InChI=1S/ClH.3Na.3H/h1H;;;;;;/p+1. The van der Waals surface area contributed by atoms with E-state index in [1.54, 1.807) is 0 Å². The Bertz CT molecular complexity index is 6.85. The van der Waals surface area contributed by atoms with Crippen molar-refractivity contribution in [3.05, 3.63) is 0 Å². The number of halogens is 1. The molecule has 0 unspecified atom stereocenters. The van der Waals surface area contributed by atoms with Crippen LogP contribution in [-0.2, 0) is 0 Å². The monoisotopic (exact) mass is 109 g/mol. The minimum atomic E-state index is 0. The van der Waals surface area contributed by atoms with Gasteiger partial charge in [0.2, 0.25) is 0 Å². The molecule has 4 heavy (non-hydrogen) atoms. The van der Waals surface area contributed by atoms with Gasteiger partial charge in [0.05, 0.1) is 0 Å². The van der Waals surface area contributed by atoms with Gasteiger partial charge in [0.1, 0.15) is 0 Å². The Balaban J connectivity index is 0. The maximum absolute atomic E-state index is 0. The van der Waals surface area contributed by atoms with Crippen molar-refractivity contribution in [2.45, 2.75) is 0 Å². The molecule has 0 N–H and O–H groups in total. The van der Waals surface area contributed by atoms with Gasteiger partial charge < -0.3 is 0 Å². The third kappa shape index (κ3) is 8.99. The van der Waals surface area contributed by atoms with Crippen LogP contribution in [0.5, 0.6) is 0 Å².